The minimum Gasteiger partial charge on any atom is -0.394 e. The van der Waals surface area contributed by atoms with Crippen LogP contribution in [0.2, 0.25) is 0 Å². The number of rotatable bonds is 4. The predicted octanol–water partition coefficient (Wildman–Crippen LogP) is 0.702. The van der Waals surface area contributed by atoms with Gasteiger partial charge in [0.05, 0.1) is 13.2 Å². The standard InChI is InChI=1S/C12H24N2O2/c1-12(2,10-15)13(3)9-11(16)14-7-5-4-6-8-14/h15H,4-10H2,1-3H3. The van der Waals surface area contributed by atoms with Gasteiger partial charge in [0, 0.05) is 18.6 Å². The number of likely N-dealkylation sites (N-methyl/N-ethyl adjacent to an activating group) is 1. The summed E-state index contributed by atoms with van der Waals surface area (Å²) in [5.74, 6) is 0.184. The maximum absolute atomic E-state index is 12.0. The van der Waals surface area contributed by atoms with E-state index in [2.05, 4.69) is 0 Å². The molecule has 0 aromatic rings. The number of carbonyl (C=O) groups excluding carboxylic acids is 1. The quantitative estimate of drug-likeness (QED) is 0.770. The lowest BCUT2D eigenvalue weighted by atomic mass is 10.1. The first-order chi connectivity index (χ1) is 7.47. The lowest BCUT2D eigenvalue weighted by Crippen LogP contribution is -2.50. The first kappa shape index (κ1) is 13.5. The van der Waals surface area contributed by atoms with Gasteiger partial charge < -0.3 is 10.0 Å². The number of piperidine rings is 1. The summed E-state index contributed by atoms with van der Waals surface area (Å²) in [4.78, 5) is 15.8. The maximum Gasteiger partial charge on any atom is 0.236 e. The lowest BCUT2D eigenvalue weighted by Gasteiger charge is -2.35. The van der Waals surface area contributed by atoms with Crippen LogP contribution in [0.15, 0.2) is 0 Å². The Bertz CT molecular complexity index is 235. The van der Waals surface area contributed by atoms with Gasteiger partial charge in [-0.2, -0.15) is 0 Å². The molecular formula is C12H24N2O2. The van der Waals surface area contributed by atoms with Crippen LogP contribution in [0.5, 0.6) is 0 Å². The molecule has 1 aliphatic rings. The summed E-state index contributed by atoms with van der Waals surface area (Å²) < 4.78 is 0. The molecular weight excluding hydrogens is 204 g/mol. The Morgan fingerprint density at radius 3 is 2.38 bits per heavy atom. The van der Waals surface area contributed by atoms with Crippen LogP contribution in [0.3, 0.4) is 0 Å². The number of hydrogen-bond donors (Lipinski definition) is 1. The van der Waals surface area contributed by atoms with Gasteiger partial charge in [-0.15, -0.1) is 0 Å². The van der Waals surface area contributed by atoms with E-state index >= 15 is 0 Å². The third-order valence-electron chi connectivity index (χ3n) is 3.50. The van der Waals surface area contributed by atoms with Crippen LogP contribution in [0, 0.1) is 0 Å². The van der Waals surface area contributed by atoms with Crippen molar-refractivity contribution in [2.75, 3.05) is 33.3 Å². The minimum absolute atomic E-state index is 0.0662. The van der Waals surface area contributed by atoms with Gasteiger partial charge in [-0.3, -0.25) is 9.69 Å². The Morgan fingerprint density at radius 1 is 1.31 bits per heavy atom. The summed E-state index contributed by atoms with van der Waals surface area (Å²) in [6.45, 7) is 6.13. The zero-order chi connectivity index (χ0) is 12.2. The van der Waals surface area contributed by atoms with Gasteiger partial charge in [0.25, 0.3) is 0 Å². The number of likely N-dealkylation sites (tertiary alicyclic amines) is 1. The van der Waals surface area contributed by atoms with E-state index in [1.807, 2.05) is 30.7 Å². The van der Waals surface area contributed by atoms with Crippen LogP contribution in [0.25, 0.3) is 0 Å². The highest BCUT2D eigenvalue weighted by Crippen LogP contribution is 2.13. The molecule has 16 heavy (non-hydrogen) atoms. The number of nitrogens with zero attached hydrogens (tertiary/aromatic N) is 2. The number of hydrogen-bond acceptors (Lipinski definition) is 3. The van der Waals surface area contributed by atoms with Gasteiger partial charge in [0.15, 0.2) is 0 Å². The third kappa shape index (κ3) is 3.46. The molecule has 1 heterocycles. The van der Waals surface area contributed by atoms with Crippen LogP contribution >= 0.6 is 0 Å². The molecule has 1 N–H and O–H groups in total. The first-order valence-corrected chi connectivity index (χ1v) is 6.07. The van der Waals surface area contributed by atoms with E-state index in [0.717, 1.165) is 25.9 Å². The molecule has 1 amide bonds. The monoisotopic (exact) mass is 228 g/mol. The van der Waals surface area contributed by atoms with Gasteiger partial charge in [-0.1, -0.05) is 0 Å². The Balaban J connectivity index is 2.43. The first-order valence-electron chi connectivity index (χ1n) is 6.07. The van der Waals surface area contributed by atoms with Crippen molar-refractivity contribution >= 4 is 5.91 Å². The second kappa shape index (κ2) is 5.64. The van der Waals surface area contributed by atoms with Gasteiger partial charge in [0.2, 0.25) is 5.91 Å². The second-order valence-corrected chi connectivity index (χ2v) is 5.27. The van der Waals surface area contributed by atoms with Crippen LogP contribution in [-0.4, -0.2) is 59.6 Å². The average Bonchev–Trinajstić information content (AvgIpc) is 2.30. The molecule has 0 spiro atoms. The highest BCUT2D eigenvalue weighted by molar-refractivity contribution is 5.78. The van der Waals surface area contributed by atoms with Crippen LogP contribution < -0.4 is 0 Å². The summed E-state index contributed by atoms with van der Waals surface area (Å²) >= 11 is 0. The summed E-state index contributed by atoms with van der Waals surface area (Å²) in [6.07, 6.45) is 3.49. The van der Waals surface area contributed by atoms with E-state index in [1.54, 1.807) is 0 Å². The summed E-state index contributed by atoms with van der Waals surface area (Å²) in [5, 5.41) is 9.22. The number of carbonyl (C=O) groups is 1. The smallest absolute Gasteiger partial charge is 0.236 e. The molecule has 0 unspecified atom stereocenters. The molecule has 0 bridgehead atoms. The van der Waals surface area contributed by atoms with Crippen molar-refractivity contribution in [2.45, 2.75) is 38.6 Å². The maximum atomic E-state index is 12.0. The molecule has 94 valence electrons. The van der Waals surface area contributed by atoms with Crippen LogP contribution in [-0.2, 0) is 4.79 Å². The van der Waals surface area contributed by atoms with Crippen molar-refractivity contribution < 1.29 is 9.90 Å². The van der Waals surface area contributed by atoms with Gasteiger partial charge in [0.1, 0.15) is 0 Å². The fraction of sp³-hybridized carbons (Fsp3) is 0.917. The molecule has 0 atom stereocenters. The SMILES string of the molecule is CN(CC(=O)N1CCCCC1)C(C)(C)CO. The highest BCUT2D eigenvalue weighted by atomic mass is 16.3. The topological polar surface area (TPSA) is 43.8 Å². The van der Waals surface area contributed by atoms with Gasteiger partial charge in [-0.25, -0.2) is 0 Å². The number of amides is 1. The van der Waals surface area contributed by atoms with Crippen LogP contribution in [0.1, 0.15) is 33.1 Å². The van der Waals surface area contributed by atoms with E-state index in [9.17, 15) is 9.90 Å². The molecule has 1 aliphatic heterocycles. The predicted molar refractivity (Wildman–Crippen MR) is 64.2 cm³/mol. The van der Waals surface area contributed by atoms with E-state index < -0.39 is 0 Å². The van der Waals surface area contributed by atoms with Gasteiger partial charge >= 0.3 is 0 Å². The Morgan fingerprint density at radius 2 is 1.88 bits per heavy atom. The normalized spacial score (nSPS) is 17.9. The lowest BCUT2D eigenvalue weighted by molar-refractivity contribution is -0.134. The molecule has 0 aliphatic carbocycles. The fourth-order valence-electron chi connectivity index (χ4n) is 1.78. The van der Waals surface area contributed by atoms with Gasteiger partial charge in [-0.05, 0) is 40.2 Å². The van der Waals surface area contributed by atoms with E-state index in [4.69, 9.17) is 0 Å². The molecule has 0 saturated carbocycles. The summed E-state index contributed by atoms with van der Waals surface area (Å²) in [7, 11) is 1.89. The summed E-state index contributed by atoms with van der Waals surface area (Å²) in [6, 6.07) is 0. The van der Waals surface area contributed by atoms with Crippen molar-refractivity contribution in [3.05, 3.63) is 0 Å². The molecule has 1 rings (SSSR count). The fourth-order valence-corrected chi connectivity index (χ4v) is 1.78. The van der Waals surface area contributed by atoms with Crippen molar-refractivity contribution in [3.63, 3.8) is 0 Å². The third-order valence-corrected chi connectivity index (χ3v) is 3.50. The largest absolute Gasteiger partial charge is 0.394 e. The molecule has 1 fully saturated rings. The van der Waals surface area contributed by atoms with Crippen molar-refractivity contribution in [2.24, 2.45) is 0 Å². The number of aliphatic hydroxyl groups excluding tert-OH is 1. The van der Waals surface area contributed by atoms with Crippen LogP contribution in [0.4, 0.5) is 0 Å². The number of aliphatic hydroxyl groups is 1. The Labute approximate surface area is 98.2 Å². The molecule has 0 aromatic heterocycles. The average molecular weight is 228 g/mol. The molecule has 0 radical (unpaired) electrons. The molecule has 4 heteroatoms. The molecule has 1 saturated heterocycles. The second-order valence-electron chi connectivity index (χ2n) is 5.27. The molecule has 4 nitrogen and oxygen atoms in total. The zero-order valence-electron chi connectivity index (χ0n) is 10.7. The van der Waals surface area contributed by atoms with E-state index in [-0.39, 0.29) is 18.1 Å². The highest BCUT2D eigenvalue weighted by Gasteiger charge is 2.26. The minimum atomic E-state index is -0.328. The summed E-state index contributed by atoms with van der Waals surface area (Å²) in [5.41, 5.74) is -0.328. The zero-order valence-corrected chi connectivity index (χ0v) is 10.7. The Kier molecular flexibility index (Phi) is 4.74. The Hall–Kier alpha value is -0.610. The van der Waals surface area contributed by atoms with Crippen molar-refractivity contribution in [3.8, 4) is 0 Å². The van der Waals surface area contributed by atoms with E-state index in [0.29, 0.717) is 6.54 Å². The molecule has 0 aromatic carbocycles. The van der Waals surface area contributed by atoms with Crippen molar-refractivity contribution in [1.29, 1.82) is 0 Å². The van der Waals surface area contributed by atoms with E-state index in [1.165, 1.54) is 6.42 Å². The van der Waals surface area contributed by atoms with Crippen molar-refractivity contribution in [1.82, 2.24) is 9.80 Å².